The van der Waals surface area contributed by atoms with Crippen molar-refractivity contribution in [3.05, 3.63) is 269 Å². The molecular weight excluding hydrogens is 971 g/mol. The fourth-order valence-corrected chi connectivity index (χ4v) is 9.15. The summed E-state index contributed by atoms with van der Waals surface area (Å²) in [6.07, 6.45) is 5.23. The number of rotatable bonds is 9. The van der Waals surface area contributed by atoms with Crippen molar-refractivity contribution in [2.45, 2.75) is 94.5 Å². The maximum Gasteiger partial charge on any atom is 0.212 e. The Bertz CT molecular complexity index is 4360. The molecule has 2 unspecified atom stereocenters. The van der Waals surface area contributed by atoms with E-state index in [0.717, 1.165) is 68.6 Å². The zero-order chi connectivity index (χ0) is 73.3. The van der Waals surface area contributed by atoms with Gasteiger partial charge < -0.3 is 0 Å². The quantitative estimate of drug-likeness (QED) is 0.128. The Balaban J connectivity index is 0.000000195. The summed E-state index contributed by atoms with van der Waals surface area (Å²) in [7, 11) is 9.88. The number of hydrogen-bond donors (Lipinski definition) is 0. The van der Waals surface area contributed by atoms with E-state index in [4.69, 9.17) is 24.7 Å². The van der Waals surface area contributed by atoms with Crippen LogP contribution in [0, 0.1) is 47.4 Å². The fraction of sp³-hybridized carbons (Fsp3) is 0.267. The van der Waals surface area contributed by atoms with Crippen molar-refractivity contribution in [3.8, 4) is 56.3 Å². The molecule has 0 aliphatic heterocycles. The molecule has 10 rings (SSSR count). The van der Waals surface area contributed by atoms with Crippen molar-refractivity contribution in [1.29, 1.82) is 0 Å². The van der Waals surface area contributed by atoms with Gasteiger partial charge >= 0.3 is 0 Å². The molecule has 5 heterocycles. The van der Waals surface area contributed by atoms with Gasteiger partial charge in [0, 0.05) is 113 Å². The molecule has 10 aromatic rings. The van der Waals surface area contributed by atoms with Gasteiger partial charge in [-0.05, 0) is 172 Å². The molecule has 0 amide bonds. The summed E-state index contributed by atoms with van der Waals surface area (Å²) < 4.78 is 148. The minimum Gasteiger partial charge on any atom is -0.201 e. The highest BCUT2D eigenvalue weighted by Crippen LogP contribution is 2.26. The lowest BCUT2D eigenvalue weighted by Crippen LogP contribution is -2.30. The summed E-state index contributed by atoms with van der Waals surface area (Å²) in [5.41, 5.74) is 17.3. The molecule has 2 atom stereocenters. The Morgan fingerprint density at radius 3 is 1.27 bits per heavy atom. The van der Waals surface area contributed by atoms with Gasteiger partial charge in [0.2, 0.25) is 28.5 Å². The maximum atomic E-state index is 8.25. The molecule has 5 aromatic carbocycles. The van der Waals surface area contributed by atoms with Gasteiger partial charge in [-0.1, -0.05) is 106 Å². The average molecular weight is 1080 g/mol. The molecular formula is C75H90N5+5. The molecule has 410 valence electrons. The van der Waals surface area contributed by atoms with E-state index >= 15 is 0 Å². The first-order chi connectivity index (χ1) is 45.3. The van der Waals surface area contributed by atoms with Crippen LogP contribution >= 0.6 is 0 Å². The topological polar surface area (TPSA) is 19.4 Å². The molecule has 0 spiro atoms. The Morgan fingerprint density at radius 1 is 0.400 bits per heavy atom. The molecule has 0 aliphatic rings. The number of aromatic nitrogens is 5. The number of hydrogen-bond acceptors (Lipinski definition) is 0. The molecule has 0 N–H and O–H groups in total. The van der Waals surface area contributed by atoms with Gasteiger partial charge in [-0.2, -0.15) is 0 Å². The van der Waals surface area contributed by atoms with Crippen LogP contribution in [0.3, 0.4) is 0 Å². The Morgan fingerprint density at radius 2 is 0.838 bits per heavy atom. The maximum absolute atomic E-state index is 8.25. The van der Waals surface area contributed by atoms with Crippen LogP contribution < -0.4 is 22.8 Å². The Kier molecular flexibility index (Phi) is 14.9. The SMILES string of the molecule is Cc1ccc(C)c(-c2cccc[n+]2C)c1.[2H]C([2H])([2H])C([2H])(C)C([2H])([2H])c1ccc(-c2cccc[n+]2C)c(C)c1.[2H]C([2H])([2H])C([2H])(C)c1ccc(-c2cccc[n+]2C)c(C)c1.[2H]C([2H])([2H])C([2H])([2H])c1ccc(-c2cccc[n+]2C)cc1.[2H]C([2H])([2H])c1ccc(-c2cccc[n+]2C)c(C)c1. The molecule has 0 saturated carbocycles. The number of pyridine rings is 5. The van der Waals surface area contributed by atoms with Crippen molar-refractivity contribution in [2.75, 3.05) is 0 Å². The second-order valence-corrected chi connectivity index (χ2v) is 20.0. The third-order valence-corrected chi connectivity index (χ3v) is 13.5. The molecule has 0 saturated heterocycles. The molecule has 80 heavy (non-hydrogen) atoms. The van der Waals surface area contributed by atoms with Gasteiger partial charge in [-0.25, -0.2) is 22.8 Å². The second kappa shape index (κ2) is 29.7. The van der Waals surface area contributed by atoms with E-state index in [-0.39, 0.29) is 11.1 Å². The summed E-state index contributed by atoms with van der Waals surface area (Å²) in [6, 6.07) is 58.7. The smallest absolute Gasteiger partial charge is 0.201 e. The largest absolute Gasteiger partial charge is 0.212 e. The fourth-order valence-electron chi connectivity index (χ4n) is 9.15. The number of benzene rings is 5. The normalized spacial score (nSPS) is 16.4. The first kappa shape index (κ1) is 40.1. The van der Waals surface area contributed by atoms with Crippen molar-refractivity contribution >= 4 is 0 Å². The van der Waals surface area contributed by atoms with Crippen LogP contribution in [0.1, 0.15) is 115 Å². The first-order valence-electron chi connectivity index (χ1n) is 35.6. The standard InChI is InChI=1S/C17H22N.C16H20N.3C14H16N/c1-13(2)11-15-8-9-16(14(3)12-15)17-7-5-6-10-18(17)4;1-12(2)14-8-9-15(13(3)11-14)16-7-5-6-10-17(16)4;1-11-7-8-13(12(2)10-11)14-6-4-5-9-15(14)3;1-11-7-8-12(2)13(10-11)14-6-4-5-9-15(14)3;1-3-12-7-9-13(10-8-12)14-6-4-5-11-15(14)2/h5-10,12-13H,11H2,1-4H3;5-12H,1-4H3;2*4-10H,1-3H3;4-11H,3H2,1-2H3/q5*+1/i1D3,11D2,13D;1D3,12D;1D3;;1D3,3D2. The zero-order valence-electron chi connectivity index (χ0n) is 66.5. The van der Waals surface area contributed by atoms with Gasteiger partial charge in [-0.3, -0.25) is 0 Å². The highest BCUT2D eigenvalue weighted by molar-refractivity contribution is 5.64. The van der Waals surface area contributed by atoms with Crippen LogP contribution in [0.15, 0.2) is 219 Å². The average Bonchev–Trinajstić information content (AvgIpc) is 0.758. The van der Waals surface area contributed by atoms with Crippen molar-refractivity contribution < 1.29 is 47.5 Å². The minimum atomic E-state index is -2.73. The van der Waals surface area contributed by atoms with Gasteiger partial charge in [0.25, 0.3) is 0 Å². The molecule has 0 aliphatic carbocycles. The van der Waals surface area contributed by atoms with E-state index in [1.54, 1.807) is 48.5 Å². The number of aryl methyl sites for hydroxylation is 12. The number of nitrogens with zero attached hydrogens (tertiary/aromatic N) is 5. The van der Waals surface area contributed by atoms with Crippen LogP contribution in [-0.2, 0) is 48.0 Å². The molecule has 0 radical (unpaired) electrons. The van der Waals surface area contributed by atoms with E-state index in [9.17, 15) is 0 Å². The summed E-state index contributed by atoms with van der Waals surface area (Å²) >= 11 is 0. The molecule has 5 aromatic heterocycles. The van der Waals surface area contributed by atoms with Crippen LogP contribution in [0.4, 0.5) is 0 Å². The molecule has 0 fully saturated rings. The van der Waals surface area contributed by atoms with Gasteiger partial charge in [0.05, 0.1) is 0 Å². The highest BCUT2D eigenvalue weighted by Gasteiger charge is 2.15. The summed E-state index contributed by atoms with van der Waals surface area (Å²) in [5.74, 6) is -3.85. The van der Waals surface area contributed by atoms with E-state index in [1.165, 1.54) is 41.4 Å². The van der Waals surface area contributed by atoms with Crippen LogP contribution in [0.2, 0.25) is 0 Å². The van der Waals surface area contributed by atoms with Crippen molar-refractivity contribution in [3.63, 3.8) is 0 Å². The molecule has 0 bridgehead atoms. The third-order valence-electron chi connectivity index (χ3n) is 13.5. The zero-order valence-corrected chi connectivity index (χ0v) is 48.5. The highest BCUT2D eigenvalue weighted by atomic mass is 14.9. The van der Waals surface area contributed by atoms with Crippen molar-refractivity contribution in [1.82, 2.24) is 0 Å². The van der Waals surface area contributed by atoms with Crippen molar-refractivity contribution in [2.24, 2.45) is 41.1 Å². The minimum absolute atomic E-state index is 0.167. The van der Waals surface area contributed by atoms with Crippen LogP contribution in [0.25, 0.3) is 56.3 Å². The van der Waals surface area contributed by atoms with E-state index < -0.39 is 51.9 Å². The van der Waals surface area contributed by atoms with Crippen LogP contribution in [-0.4, -0.2) is 0 Å². The lowest BCUT2D eigenvalue weighted by Gasteiger charge is -2.09. The summed E-state index contributed by atoms with van der Waals surface area (Å²) in [4.78, 5) is 0. The predicted octanol–water partition coefficient (Wildman–Crippen LogP) is 15.6. The monoisotopic (exact) mass is 1080 g/mol. The van der Waals surface area contributed by atoms with E-state index in [0.29, 0.717) is 11.1 Å². The van der Waals surface area contributed by atoms with Gasteiger partial charge in [-0.15, -0.1) is 0 Å². The van der Waals surface area contributed by atoms with E-state index in [1.807, 2.05) is 183 Å². The van der Waals surface area contributed by atoms with E-state index in [2.05, 4.69) is 68.1 Å². The second-order valence-electron chi connectivity index (χ2n) is 20.0. The Labute approximate surface area is 507 Å². The lowest BCUT2D eigenvalue weighted by atomic mass is 9.96. The summed E-state index contributed by atoms with van der Waals surface area (Å²) in [5, 5.41) is 0. The predicted molar refractivity (Wildman–Crippen MR) is 336 cm³/mol. The Hall–Kier alpha value is -8.15. The molecule has 5 nitrogen and oxygen atoms in total. The van der Waals surface area contributed by atoms with Gasteiger partial charge in [0.1, 0.15) is 35.2 Å². The third kappa shape index (κ3) is 17.2. The van der Waals surface area contributed by atoms with Gasteiger partial charge in [0.15, 0.2) is 31.0 Å². The molecule has 5 heteroatoms. The summed E-state index contributed by atoms with van der Waals surface area (Å²) in [6.45, 7) is 2.81. The lowest BCUT2D eigenvalue weighted by molar-refractivity contribution is -0.660. The first-order valence-corrected chi connectivity index (χ1v) is 26.6. The van der Waals surface area contributed by atoms with Crippen LogP contribution in [0.5, 0.6) is 0 Å².